The fourth-order valence-electron chi connectivity index (χ4n) is 3.81. The summed E-state index contributed by atoms with van der Waals surface area (Å²) in [5.74, 6) is -0.0393. The predicted octanol–water partition coefficient (Wildman–Crippen LogP) is 3.82. The van der Waals surface area contributed by atoms with E-state index in [1.54, 1.807) is 0 Å². The third-order valence-corrected chi connectivity index (χ3v) is 5.46. The average molecular weight is 365 g/mol. The lowest BCUT2D eigenvalue weighted by atomic mass is 9.88. The van der Waals surface area contributed by atoms with Crippen molar-refractivity contribution >= 4 is 16.9 Å². The Bertz CT molecular complexity index is 862. The topological polar surface area (TPSA) is 69.1 Å². The number of aromatic amines is 1. The maximum absolute atomic E-state index is 11.1. The van der Waals surface area contributed by atoms with Gasteiger partial charge in [0.05, 0.1) is 12.7 Å². The number of aromatic nitrogens is 1. The molecule has 5 nitrogen and oxygen atoms in total. The molecule has 2 unspecified atom stereocenters. The summed E-state index contributed by atoms with van der Waals surface area (Å²) in [6.07, 6.45) is 6.84. The molecule has 27 heavy (non-hydrogen) atoms. The number of hydrogen-bond acceptors (Lipinski definition) is 4. The van der Waals surface area contributed by atoms with Gasteiger partial charge in [0.2, 0.25) is 0 Å². The Balaban J connectivity index is 1.64. The third-order valence-electron chi connectivity index (χ3n) is 5.46. The van der Waals surface area contributed by atoms with Crippen molar-refractivity contribution in [1.82, 2.24) is 9.88 Å². The Kier molecular flexibility index (Phi) is 6.31. The van der Waals surface area contributed by atoms with Crippen LogP contribution < -0.4 is 0 Å². The second-order valence-electron chi connectivity index (χ2n) is 7.14. The summed E-state index contributed by atoms with van der Waals surface area (Å²) in [7, 11) is 0. The molecule has 2 heterocycles. The van der Waals surface area contributed by atoms with Crippen LogP contribution in [0, 0.1) is 17.2 Å². The van der Waals surface area contributed by atoms with Gasteiger partial charge in [-0.1, -0.05) is 36.8 Å². The molecule has 0 radical (unpaired) electrons. The maximum Gasteiger partial charge on any atom is 0.302 e. The number of rotatable bonds is 7. The van der Waals surface area contributed by atoms with Crippen molar-refractivity contribution in [3.05, 3.63) is 47.7 Å². The van der Waals surface area contributed by atoms with Crippen molar-refractivity contribution in [2.45, 2.75) is 39.2 Å². The predicted molar refractivity (Wildman–Crippen MR) is 106 cm³/mol. The Morgan fingerprint density at radius 2 is 2.26 bits per heavy atom. The first-order valence-electron chi connectivity index (χ1n) is 9.63. The van der Waals surface area contributed by atoms with Crippen molar-refractivity contribution in [2.24, 2.45) is 5.92 Å². The molecular weight excluding hydrogens is 338 g/mol. The maximum atomic E-state index is 11.1. The van der Waals surface area contributed by atoms with Gasteiger partial charge in [-0.25, -0.2) is 0 Å². The summed E-state index contributed by atoms with van der Waals surface area (Å²) in [5, 5.41) is 10.9. The number of ether oxygens (including phenoxy) is 1. The van der Waals surface area contributed by atoms with Gasteiger partial charge in [-0.05, 0) is 30.9 Å². The molecule has 142 valence electrons. The lowest BCUT2D eigenvalue weighted by Crippen LogP contribution is -2.40. The highest BCUT2D eigenvalue weighted by molar-refractivity contribution is 5.83. The van der Waals surface area contributed by atoms with E-state index in [1.807, 2.05) is 6.07 Å². The zero-order valence-corrected chi connectivity index (χ0v) is 16.1. The molecule has 1 aliphatic rings. The highest BCUT2D eigenvalue weighted by Gasteiger charge is 2.26. The summed E-state index contributed by atoms with van der Waals surface area (Å²) in [5.41, 5.74) is 3.69. The molecule has 1 N–H and O–H groups in total. The Hall–Kier alpha value is -2.58. The normalized spacial score (nSPS) is 18.7. The monoisotopic (exact) mass is 365 g/mol. The number of nitrogens with one attached hydrogen (secondary N) is 1. The quantitative estimate of drug-likeness (QED) is 0.598. The van der Waals surface area contributed by atoms with Gasteiger partial charge in [0.15, 0.2) is 0 Å². The minimum Gasteiger partial charge on any atom is -0.465 e. The van der Waals surface area contributed by atoms with E-state index in [1.165, 1.54) is 23.4 Å². The van der Waals surface area contributed by atoms with Crippen LogP contribution in [0.1, 0.15) is 32.3 Å². The molecule has 2 aromatic rings. The second-order valence-corrected chi connectivity index (χ2v) is 7.14. The molecule has 0 bridgehead atoms. The highest BCUT2D eigenvalue weighted by Crippen LogP contribution is 2.27. The van der Waals surface area contributed by atoms with Crippen LogP contribution in [0.3, 0.4) is 0 Å². The summed E-state index contributed by atoms with van der Waals surface area (Å²) in [6, 6.07) is 10.7. The van der Waals surface area contributed by atoms with Gasteiger partial charge in [0, 0.05) is 43.0 Å². The standard InChI is InChI=1S/C22H27N3O2/c1-3-17(15-27-16(2)26)18-8-10-25(20(12-18)13-23)11-9-19-14-24-22-7-5-4-6-21(19)22/h4-8,14,17,20,24H,3,9-12,15H2,1-2H3. The minimum atomic E-state index is -0.248. The lowest BCUT2D eigenvalue weighted by Gasteiger charge is -2.33. The van der Waals surface area contributed by atoms with Gasteiger partial charge in [0.1, 0.15) is 6.04 Å². The number of carbonyl (C=O) groups is 1. The molecule has 0 amide bonds. The summed E-state index contributed by atoms with van der Waals surface area (Å²) in [4.78, 5) is 16.7. The molecule has 0 fully saturated rings. The average Bonchev–Trinajstić information content (AvgIpc) is 3.10. The SMILES string of the molecule is CCC(COC(C)=O)C1=CCN(CCc2c[nH]c3ccccc23)C(C#N)C1. The molecule has 1 aromatic carbocycles. The molecule has 0 aliphatic carbocycles. The van der Waals surface area contributed by atoms with Gasteiger partial charge in [-0.3, -0.25) is 9.69 Å². The van der Waals surface area contributed by atoms with Gasteiger partial charge in [-0.2, -0.15) is 5.26 Å². The minimum absolute atomic E-state index is 0.124. The van der Waals surface area contributed by atoms with Crippen LogP contribution in [0.5, 0.6) is 0 Å². The molecule has 5 heteroatoms. The van der Waals surface area contributed by atoms with Crippen molar-refractivity contribution in [3.8, 4) is 6.07 Å². The largest absolute Gasteiger partial charge is 0.465 e. The molecule has 1 aromatic heterocycles. The Labute approximate surface area is 160 Å². The van der Waals surface area contributed by atoms with Crippen LogP contribution in [-0.4, -0.2) is 41.6 Å². The van der Waals surface area contributed by atoms with Gasteiger partial charge in [0.25, 0.3) is 0 Å². The summed E-state index contributed by atoms with van der Waals surface area (Å²) in [6.45, 7) is 5.56. The van der Waals surface area contributed by atoms with E-state index in [0.717, 1.165) is 37.9 Å². The van der Waals surface area contributed by atoms with Crippen molar-refractivity contribution in [1.29, 1.82) is 5.26 Å². The van der Waals surface area contributed by atoms with Gasteiger partial charge < -0.3 is 9.72 Å². The molecule has 0 saturated heterocycles. The van der Waals surface area contributed by atoms with Crippen LogP contribution in [0.25, 0.3) is 10.9 Å². The second kappa shape index (κ2) is 8.88. The zero-order valence-electron chi connectivity index (χ0n) is 16.1. The van der Waals surface area contributed by atoms with E-state index < -0.39 is 0 Å². The van der Waals surface area contributed by atoms with E-state index in [2.05, 4.69) is 53.3 Å². The molecule has 1 aliphatic heterocycles. The smallest absolute Gasteiger partial charge is 0.302 e. The number of H-pyrrole nitrogens is 1. The Morgan fingerprint density at radius 1 is 1.44 bits per heavy atom. The molecular formula is C22H27N3O2. The van der Waals surface area contributed by atoms with Gasteiger partial charge >= 0.3 is 5.97 Å². The number of nitriles is 1. The molecule has 3 rings (SSSR count). The fraction of sp³-hybridized carbons (Fsp3) is 0.455. The van der Waals surface area contributed by atoms with E-state index in [-0.39, 0.29) is 17.9 Å². The van der Waals surface area contributed by atoms with E-state index in [0.29, 0.717) is 6.61 Å². The van der Waals surface area contributed by atoms with Crippen molar-refractivity contribution < 1.29 is 9.53 Å². The number of para-hydroxylation sites is 1. The molecule has 2 atom stereocenters. The number of fused-ring (bicyclic) bond motifs is 1. The van der Waals surface area contributed by atoms with Crippen molar-refractivity contribution in [3.63, 3.8) is 0 Å². The lowest BCUT2D eigenvalue weighted by molar-refractivity contribution is -0.142. The van der Waals surface area contributed by atoms with Crippen LogP contribution in [-0.2, 0) is 16.0 Å². The van der Waals surface area contributed by atoms with Crippen LogP contribution in [0.15, 0.2) is 42.1 Å². The van der Waals surface area contributed by atoms with Gasteiger partial charge in [-0.15, -0.1) is 0 Å². The first kappa shape index (κ1) is 19.2. The van der Waals surface area contributed by atoms with Crippen LogP contribution in [0.4, 0.5) is 0 Å². The number of carbonyl (C=O) groups excluding carboxylic acids is 1. The Morgan fingerprint density at radius 3 is 3.00 bits per heavy atom. The molecule has 0 saturated carbocycles. The van der Waals surface area contributed by atoms with Crippen LogP contribution >= 0.6 is 0 Å². The van der Waals surface area contributed by atoms with E-state index in [4.69, 9.17) is 4.74 Å². The number of nitrogens with zero attached hydrogens (tertiary/aromatic N) is 2. The first-order valence-corrected chi connectivity index (χ1v) is 9.63. The van der Waals surface area contributed by atoms with Crippen LogP contribution in [0.2, 0.25) is 0 Å². The third kappa shape index (κ3) is 4.58. The zero-order chi connectivity index (χ0) is 19.2. The summed E-state index contributed by atoms with van der Waals surface area (Å²) < 4.78 is 5.20. The van der Waals surface area contributed by atoms with E-state index >= 15 is 0 Å². The fourth-order valence-corrected chi connectivity index (χ4v) is 3.81. The highest BCUT2D eigenvalue weighted by atomic mass is 16.5. The number of esters is 1. The number of hydrogen-bond donors (Lipinski definition) is 1. The first-order chi connectivity index (χ1) is 13.1. The van der Waals surface area contributed by atoms with Crippen molar-refractivity contribution in [2.75, 3.05) is 19.7 Å². The summed E-state index contributed by atoms with van der Waals surface area (Å²) >= 11 is 0. The number of benzene rings is 1. The molecule has 0 spiro atoms. The van der Waals surface area contributed by atoms with E-state index in [9.17, 15) is 10.1 Å².